The van der Waals surface area contributed by atoms with Crippen LogP contribution in [0.2, 0.25) is 0 Å². The van der Waals surface area contributed by atoms with Crippen LogP contribution in [0.5, 0.6) is 0 Å². The van der Waals surface area contributed by atoms with E-state index in [2.05, 4.69) is 0 Å². The SMILES string of the molecule is CCC(=O)O[C@H]1[C@H](C)O[C@@H](OC2[C@@H](C)C(=O)O[C@H](C)[C@H](C)[C@H](OC(=O)CC)[C@@H](C)C(=O)[C@]3(CO3)C[C@H](C)[C@H](O[C@@H]3O[C@H](C)C[C@H](N(C)C)[C@H]3O)[C@H]2C)C[C@@H]1OC. The molecular weight excluding hydrogens is 730 g/mol. The molecule has 0 aromatic heterocycles. The monoisotopic (exact) mass is 799 g/mol. The minimum atomic E-state index is -1.16. The Morgan fingerprint density at radius 3 is 1.96 bits per heavy atom. The third kappa shape index (κ3) is 10.7. The molecule has 0 bridgehead atoms. The van der Waals surface area contributed by atoms with Crippen LogP contribution in [-0.2, 0) is 61.8 Å². The lowest BCUT2D eigenvalue weighted by molar-refractivity contribution is -0.299. The molecule has 1 unspecified atom stereocenters. The minimum Gasteiger partial charge on any atom is -0.462 e. The molecule has 4 fully saturated rings. The number of hydrogen-bond donors (Lipinski definition) is 1. The summed E-state index contributed by atoms with van der Waals surface area (Å²) >= 11 is 0. The second-order valence-corrected chi connectivity index (χ2v) is 16.9. The van der Waals surface area contributed by atoms with Crippen molar-refractivity contribution in [3.05, 3.63) is 0 Å². The van der Waals surface area contributed by atoms with E-state index >= 15 is 0 Å². The largest absolute Gasteiger partial charge is 0.462 e. The van der Waals surface area contributed by atoms with Crippen LogP contribution in [0.4, 0.5) is 0 Å². The number of epoxide rings is 1. The Balaban J connectivity index is 1.77. The predicted octanol–water partition coefficient (Wildman–Crippen LogP) is 3.83. The molecule has 0 radical (unpaired) electrons. The van der Waals surface area contributed by atoms with E-state index in [0.717, 1.165) is 0 Å². The number of likely N-dealkylation sites (N-methyl/N-ethyl adjacent to an activating group) is 1. The van der Waals surface area contributed by atoms with Gasteiger partial charge in [0.2, 0.25) is 0 Å². The maximum Gasteiger partial charge on any atom is 0.311 e. The molecule has 4 heterocycles. The molecule has 0 aromatic carbocycles. The number of esters is 3. The Labute approximate surface area is 333 Å². The van der Waals surface area contributed by atoms with Gasteiger partial charge in [-0.1, -0.05) is 41.5 Å². The number of aliphatic hydroxyl groups is 1. The molecule has 1 spiro atoms. The van der Waals surface area contributed by atoms with Gasteiger partial charge in [-0.15, -0.1) is 0 Å². The molecule has 1 N–H and O–H groups in total. The number of ketones is 1. The van der Waals surface area contributed by atoms with Gasteiger partial charge in [0.25, 0.3) is 0 Å². The third-order valence-corrected chi connectivity index (χ3v) is 12.4. The average Bonchev–Trinajstić information content (AvgIpc) is 3.94. The lowest BCUT2D eigenvalue weighted by Gasteiger charge is -2.46. The molecule has 15 nitrogen and oxygen atoms in total. The van der Waals surface area contributed by atoms with E-state index in [-0.39, 0.29) is 56.2 Å². The number of cyclic esters (lactones) is 1. The second kappa shape index (κ2) is 19.7. The van der Waals surface area contributed by atoms with Crippen molar-refractivity contribution in [1.82, 2.24) is 4.90 Å². The highest BCUT2D eigenvalue weighted by Gasteiger charge is 2.58. The molecule has 4 aliphatic rings. The first-order valence-corrected chi connectivity index (χ1v) is 20.6. The fourth-order valence-corrected chi connectivity index (χ4v) is 8.72. The van der Waals surface area contributed by atoms with Crippen LogP contribution in [0.3, 0.4) is 0 Å². The number of carbonyl (C=O) groups is 4. The first kappa shape index (κ1) is 46.4. The Bertz CT molecular complexity index is 1340. The van der Waals surface area contributed by atoms with E-state index in [0.29, 0.717) is 6.42 Å². The normalized spacial score (nSPS) is 44.2. The van der Waals surface area contributed by atoms with Crippen molar-refractivity contribution in [2.45, 2.75) is 181 Å². The quantitative estimate of drug-likeness (QED) is 0.191. The van der Waals surface area contributed by atoms with E-state index in [1.807, 2.05) is 39.8 Å². The third-order valence-electron chi connectivity index (χ3n) is 12.4. The molecule has 0 aromatic rings. The van der Waals surface area contributed by atoms with E-state index in [1.54, 1.807) is 48.5 Å². The number of rotatable bonds is 10. The van der Waals surface area contributed by atoms with E-state index in [1.165, 1.54) is 7.11 Å². The maximum atomic E-state index is 14.4. The molecular formula is C41H69NO14. The molecule has 322 valence electrons. The second-order valence-electron chi connectivity index (χ2n) is 16.9. The summed E-state index contributed by atoms with van der Waals surface area (Å²) in [6, 6.07) is -0.251. The topological polar surface area (TPSA) is 178 Å². The molecule has 4 saturated heterocycles. The van der Waals surface area contributed by atoms with Gasteiger partial charge >= 0.3 is 17.9 Å². The Kier molecular flexibility index (Phi) is 16.3. The van der Waals surface area contributed by atoms with Gasteiger partial charge in [0.1, 0.15) is 24.4 Å². The predicted molar refractivity (Wildman–Crippen MR) is 202 cm³/mol. The van der Waals surface area contributed by atoms with Gasteiger partial charge in [-0.05, 0) is 60.5 Å². The first-order valence-electron chi connectivity index (χ1n) is 20.6. The van der Waals surface area contributed by atoms with Crippen LogP contribution in [-0.4, -0.2) is 141 Å². The zero-order valence-corrected chi connectivity index (χ0v) is 35.8. The minimum absolute atomic E-state index is 0.111. The Morgan fingerprint density at radius 1 is 0.804 bits per heavy atom. The molecule has 56 heavy (non-hydrogen) atoms. The number of hydrogen-bond acceptors (Lipinski definition) is 15. The Morgan fingerprint density at radius 2 is 1.41 bits per heavy atom. The van der Waals surface area contributed by atoms with Gasteiger partial charge in [-0.3, -0.25) is 19.2 Å². The number of nitrogens with zero attached hydrogens (tertiary/aromatic N) is 1. The standard InChI is InChI=1S/C41H69NO14/c1-14-30(43)53-35-22(5)26(9)52-39(47)25(8)36(55-32-17-29(48-13)37(27(10)51-32)54-31(44)15-2)23(6)34(20(3)18-41(19-49-41)38(46)24(35)7)56-40-33(45)28(42(11)12)16-21(4)50-40/h20-29,32-37,40,45H,14-19H2,1-13H3/t20-,21+,22-,23+,24+,25+,26+,27-,28-,29-,32-,33+,34-,35-,36?,37-,40-,41+/m0/s1. The van der Waals surface area contributed by atoms with Gasteiger partial charge in [0, 0.05) is 44.2 Å². The highest BCUT2D eigenvalue weighted by atomic mass is 16.7. The fourth-order valence-electron chi connectivity index (χ4n) is 8.72. The average molecular weight is 800 g/mol. The van der Waals surface area contributed by atoms with Crippen molar-refractivity contribution in [2.75, 3.05) is 27.8 Å². The zero-order valence-electron chi connectivity index (χ0n) is 35.8. The van der Waals surface area contributed by atoms with Crippen LogP contribution in [0.15, 0.2) is 0 Å². The van der Waals surface area contributed by atoms with E-state index < -0.39 is 109 Å². The molecule has 15 heteroatoms. The lowest BCUT2D eigenvalue weighted by Crippen LogP contribution is -2.57. The summed E-state index contributed by atoms with van der Waals surface area (Å²) in [5.74, 6) is -4.81. The molecule has 4 aliphatic heterocycles. The summed E-state index contributed by atoms with van der Waals surface area (Å²) < 4.78 is 55.7. The Hall–Kier alpha value is -2.24. The molecule has 18 atom stereocenters. The lowest BCUT2D eigenvalue weighted by atomic mass is 9.76. The molecule has 0 saturated carbocycles. The van der Waals surface area contributed by atoms with Crippen LogP contribution in [0.25, 0.3) is 0 Å². The first-order chi connectivity index (χ1) is 26.3. The summed E-state index contributed by atoms with van der Waals surface area (Å²) in [4.78, 5) is 55.5. The van der Waals surface area contributed by atoms with Gasteiger partial charge in [-0.2, -0.15) is 0 Å². The number of ether oxygens (including phenoxy) is 9. The highest BCUT2D eigenvalue weighted by molar-refractivity contribution is 5.92. The van der Waals surface area contributed by atoms with Gasteiger partial charge in [0.05, 0.1) is 42.9 Å². The van der Waals surface area contributed by atoms with Crippen LogP contribution < -0.4 is 0 Å². The molecule has 0 amide bonds. The van der Waals surface area contributed by atoms with Crippen molar-refractivity contribution in [3.8, 4) is 0 Å². The van der Waals surface area contributed by atoms with E-state index in [9.17, 15) is 24.3 Å². The number of Topliss-reactive ketones (excluding diaryl/α,β-unsaturated/α-hetero) is 1. The summed E-state index contributed by atoms with van der Waals surface area (Å²) in [5.41, 5.74) is -1.16. The summed E-state index contributed by atoms with van der Waals surface area (Å²) in [5, 5.41) is 11.6. The van der Waals surface area contributed by atoms with Gasteiger partial charge in [-0.25, -0.2) is 0 Å². The highest BCUT2D eigenvalue weighted by Crippen LogP contribution is 2.44. The molecule has 4 rings (SSSR count). The molecule has 0 aliphatic carbocycles. The van der Waals surface area contributed by atoms with Gasteiger partial charge < -0.3 is 52.6 Å². The smallest absolute Gasteiger partial charge is 0.311 e. The maximum absolute atomic E-state index is 14.4. The zero-order chi connectivity index (χ0) is 41.8. The van der Waals surface area contributed by atoms with Crippen LogP contribution >= 0.6 is 0 Å². The van der Waals surface area contributed by atoms with Crippen molar-refractivity contribution in [3.63, 3.8) is 0 Å². The van der Waals surface area contributed by atoms with E-state index in [4.69, 9.17) is 42.6 Å². The summed E-state index contributed by atoms with van der Waals surface area (Å²) in [7, 11) is 5.32. The number of aliphatic hydroxyl groups excluding tert-OH is 1. The number of methoxy groups -OCH3 is 1. The van der Waals surface area contributed by atoms with Crippen molar-refractivity contribution in [2.24, 2.45) is 29.6 Å². The van der Waals surface area contributed by atoms with Crippen LogP contribution in [0.1, 0.15) is 101 Å². The van der Waals surface area contributed by atoms with Gasteiger partial charge in [0.15, 0.2) is 30.1 Å². The van der Waals surface area contributed by atoms with Crippen molar-refractivity contribution < 1.29 is 66.9 Å². The fraction of sp³-hybridized carbons (Fsp3) is 0.902. The summed E-state index contributed by atoms with van der Waals surface area (Å²) in [6.45, 7) is 18.1. The summed E-state index contributed by atoms with van der Waals surface area (Å²) in [6.07, 6.45) is -6.94. The van der Waals surface area contributed by atoms with Crippen LogP contribution in [0, 0.1) is 29.6 Å². The number of carbonyl (C=O) groups excluding carboxylic acids is 4. The van der Waals surface area contributed by atoms with Crippen molar-refractivity contribution >= 4 is 23.7 Å². The van der Waals surface area contributed by atoms with Crippen molar-refractivity contribution in [1.29, 1.82) is 0 Å².